The monoisotopic (exact) mass is 206 g/mol. The maximum atomic E-state index is 11.8. The van der Waals surface area contributed by atoms with E-state index in [1.807, 2.05) is 20.8 Å². The van der Waals surface area contributed by atoms with Crippen molar-refractivity contribution in [2.45, 2.75) is 32.7 Å². The van der Waals surface area contributed by atoms with Crippen molar-refractivity contribution in [1.29, 1.82) is 0 Å². The summed E-state index contributed by atoms with van der Waals surface area (Å²) in [6.07, 6.45) is 1.70. The van der Waals surface area contributed by atoms with Crippen molar-refractivity contribution in [3.05, 3.63) is 11.9 Å². The molecule has 0 aliphatic carbocycles. The van der Waals surface area contributed by atoms with Crippen LogP contribution in [0, 0.1) is 0 Å². The summed E-state index contributed by atoms with van der Waals surface area (Å²) in [5.74, 6) is 1.09. The number of carbonyl (C=O) groups excluding carboxylic acids is 1. The highest BCUT2D eigenvalue weighted by Crippen LogP contribution is 2.34. The molecule has 0 saturated carbocycles. The molecular weight excluding hydrogens is 192 g/mol. The lowest BCUT2D eigenvalue weighted by molar-refractivity contribution is -0.118. The van der Waals surface area contributed by atoms with E-state index in [0.717, 1.165) is 5.56 Å². The van der Waals surface area contributed by atoms with Gasteiger partial charge < -0.3 is 5.73 Å². The Morgan fingerprint density at radius 2 is 2.07 bits per heavy atom. The highest BCUT2D eigenvalue weighted by atomic mass is 16.2. The van der Waals surface area contributed by atoms with Gasteiger partial charge in [-0.2, -0.15) is 0 Å². The van der Waals surface area contributed by atoms with Gasteiger partial charge in [0.2, 0.25) is 5.91 Å². The first-order valence-corrected chi connectivity index (χ1v) is 4.83. The number of hydrogen-bond acceptors (Lipinski definition) is 4. The number of nitrogens with zero attached hydrogens (tertiary/aromatic N) is 3. The minimum atomic E-state index is -0.275. The molecule has 1 amide bonds. The molecule has 5 nitrogen and oxygen atoms in total. The fourth-order valence-corrected chi connectivity index (χ4v) is 1.82. The van der Waals surface area contributed by atoms with E-state index >= 15 is 0 Å². The Balaban J connectivity index is 2.56. The normalized spacial score (nSPS) is 15.7. The first-order chi connectivity index (χ1) is 6.91. The summed E-state index contributed by atoms with van der Waals surface area (Å²) in [4.78, 5) is 21.5. The van der Waals surface area contributed by atoms with Gasteiger partial charge in [-0.1, -0.05) is 0 Å². The number of amides is 1. The van der Waals surface area contributed by atoms with Crippen molar-refractivity contribution < 1.29 is 4.79 Å². The predicted octanol–water partition coefficient (Wildman–Crippen LogP) is 0.746. The van der Waals surface area contributed by atoms with Crippen LogP contribution < -0.4 is 10.6 Å². The van der Waals surface area contributed by atoms with Gasteiger partial charge in [0, 0.05) is 11.1 Å². The van der Waals surface area contributed by atoms with Gasteiger partial charge >= 0.3 is 0 Å². The molecule has 2 heterocycles. The molecular formula is C10H14N4O. The zero-order valence-corrected chi connectivity index (χ0v) is 9.11. The van der Waals surface area contributed by atoms with Gasteiger partial charge in [0.15, 0.2) is 0 Å². The molecule has 0 bridgehead atoms. The van der Waals surface area contributed by atoms with Gasteiger partial charge in [0.1, 0.15) is 18.0 Å². The molecule has 0 unspecified atom stereocenters. The maximum absolute atomic E-state index is 11.8. The molecule has 0 fully saturated rings. The second-order valence-corrected chi connectivity index (χ2v) is 4.64. The number of nitrogens with two attached hydrogens (primary N) is 1. The number of anilines is 2. The molecule has 0 atom stereocenters. The van der Waals surface area contributed by atoms with E-state index < -0.39 is 0 Å². The summed E-state index contributed by atoms with van der Waals surface area (Å²) in [7, 11) is 0. The Kier molecular flexibility index (Phi) is 1.92. The van der Waals surface area contributed by atoms with Gasteiger partial charge in [-0.05, 0) is 20.8 Å². The van der Waals surface area contributed by atoms with E-state index in [0.29, 0.717) is 18.1 Å². The van der Waals surface area contributed by atoms with Crippen LogP contribution in [0.2, 0.25) is 0 Å². The Bertz CT molecular complexity index is 422. The second kappa shape index (κ2) is 2.92. The molecule has 1 aliphatic rings. The third kappa shape index (κ3) is 1.44. The minimum Gasteiger partial charge on any atom is -0.383 e. The number of nitrogen functional groups attached to an aromatic ring is 1. The summed E-state index contributed by atoms with van der Waals surface area (Å²) in [6, 6.07) is 0. The number of rotatable bonds is 0. The van der Waals surface area contributed by atoms with Crippen molar-refractivity contribution >= 4 is 17.5 Å². The Labute approximate surface area is 88.3 Å². The van der Waals surface area contributed by atoms with Crippen LogP contribution in [0.5, 0.6) is 0 Å². The van der Waals surface area contributed by atoms with Crippen molar-refractivity contribution in [3.63, 3.8) is 0 Å². The summed E-state index contributed by atoms with van der Waals surface area (Å²) in [5.41, 5.74) is 6.18. The van der Waals surface area contributed by atoms with Crippen LogP contribution >= 0.6 is 0 Å². The lowest BCUT2D eigenvalue weighted by atomic mass is 10.1. The fourth-order valence-electron chi connectivity index (χ4n) is 1.82. The third-order valence-corrected chi connectivity index (χ3v) is 2.42. The second-order valence-electron chi connectivity index (χ2n) is 4.64. The van der Waals surface area contributed by atoms with Crippen molar-refractivity contribution in [2.75, 3.05) is 10.6 Å². The number of carbonyl (C=O) groups is 1. The van der Waals surface area contributed by atoms with Crippen LogP contribution in [0.1, 0.15) is 26.3 Å². The highest BCUT2D eigenvalue weighted by molar-refractivity contribution is 6.02. The molecule has 0 aromatic carbocycles. The number of aromatic nitrogens is 2. The standard InChI is InChI=1S/C10H14N4O/c1-10(2,3)14-7(15)4-6-8(11)12-5-13-9(6)14/h5H,4H2,1-3H3,(H2,11,12,13). The predicted molar refractivity (Wildman–Crippen MR) is 57.4 cm³/mol. The van der Waals surface area contributed by atoms with Crippen LogP contribution in [0.4, 0.5) is 11.6 Å². The molecule has 15 heavy (non-hydrogen) atoms. The third-order valence-electron chi connectivity index (χ3n) is 2.42. The first-order valence-electron chi connectivity index (χ1n) is 4.83. The molecule has 1 aliphatic heterocycles. The summed E-state index contributed by atoms with van der Waals surface area (Å²) < 4.78 is 0. The number of fused-ring (bicyclic) bond motifs is 1. The smallest absolute Gasteiger partial charge is 0.233 e. The lowest BCUT2D eigenvalue weighted by Crippen LogP contribution is -2.44. The average molecular weight is 206 g/mol. The molecule has 1 aromatic rings. The SMILES string of the molecule is CC(C)(C)N1C(=O)Cc2c(N)ncnc21. The topological polar surface area (TPSA) is 72.1 Å². The van der Waals surface area contributed by atoms with Crippen LogP contribution in [-0.4, -0.2) is 21.4 Å². The first kappa shape index (κ1) is 9.89. The molecule has 2 rings (SSSR count). The summed E-state index contributed by atoms with van der Waals surface area (Å²) >= 11 is 0. The number of hydrogen-bond donors (Lipinski definition) is 1. The van der Waals surface area contributed by atoms with Gasteiger partial charge in [0.25, 0.3) is 0 Å². The van der Waals surface area contributed by atoms with Crippen molar-refractivity contribution in [1.82, 2.24) is 9.97 Å². The summed E-state index contributed by atoms with van der Waals surface area (Å²) in [6.45, 7) is 5.91. The Hall–Kier alpha value is -1.65. The van der Waals surface area contributed by atoms with E-state index in [4.69, 9.17) is 5.73 Å². The van der Waals surface area contributed by atoms with E-state index in [1.54, 1.807) is 4.90 Å². The van der Waals surface area contributed by atoms with Gasteiger partial charge in [-0.3, -0.25) is 9.69 Å². The molecule has 5 heteroatoms. The molecule has 2 N–H and O–H groups in total. The molecule has 0 saturated heterocycles. The Morgan fingerprint density at radius 3 is 2.67 bits per heavy atom. The molecule has 80 valence electrons. The van der Waals surface area contributed by atoms with Crippen molar-refractivity contribution in [2.24, 2.45) is 0 Å². The van der Waals surface area contributed by atoms with Gasteiger partial charge in [0.05, 0.1) is 6.42 Å². The average Bonchev–Trinajstić information content (AvgIpc) is 2.41. The minimum absolute atomic E-state index is 0.0321. The van der Waals surface area contributed by atoms with Crippen molar-refractivity contribution in [3.8, 4) is 0 Å². The van der Waals surface area contributed by atoms with E-state index in [1.165, 1.54) is 6.33 Å². The molecule has 0 radical (unpaired) electrons. The molecule has 1 aromatic heterocycles. The zero-order chi connectivity index (χ0) is 11.2. The maximum Gasteiger partial charge on any atom is 0.233 e. The van der Waals surface area contributed by atoms with Crippen LogP contribution in [0.25, 0.3) is 0 Å². The van der Waals surface area contributed by atoms with Crippen LogP contribution in [0.15, 0.2) is 6.33 Å². The van der Waals surface area contributed by atoms with E-state index in [9.17, 15) is 4.79 Å². The summed E-state index contributed by atoms with van der Waals surface area (Å²) in [5, 5.41) is 0. The van der Waals surface area contributed by atoms with E-state index in [-0.39, 0.29) is 11.4 Å². The lowest BCUT2D eigenvalue weighted by Gasteiger charge is -2.31. The van der Waals surface area contributed by atoms with Gasteiger partial charge in [-0.25, -0.2) is 9.97 Å². The Morgan fingerprint density at radius 1 is 1.40 bits per heavy atom. The zero-order valence-electron chi connectivity index (χ0n) is 9.11. The van der Waals surface area contributed by atoms with Crippen LogP contribution in [0.3, 0.4) is 0 Å². The highest BCUT2D eigenvalue weighted by Gasteiger charge is 2.37. The van der Waals surface area contributed by atoms with E-state index in [2.05, 4.69) is 9.97 Å². The molecule has 0 spiro atoms. The van der Waals surface area contributed by atoms with Crippen LogP contribution in [-0.2, 0) is 11.2 Å². The largest absolute Gasteiger partial charge is 0.383 e. The quantitative estimate of drug-likeness (QED) is 0.679. The fraction of sp³-hybridized carbons (Fsp3) is 0.500. The van der Waals surface area contributed by atoms with Gasteiger partial charge in [-0.15, -0.1) is 0 Å².